The molecule has 0 spiro atoms. The van der Waals surface area contributed by atoms with Crippen molar-refractivity contribution in [1.29, 1.82) is 0 Å². The van der Waals surface area contributed by atoms with Crippen LogP contribution < -0.4 is 10.4 Å². The van der Waals surface area contributed by atoms with Crippen LogP contribution in [0.2, 0.25) is 0 Å². The molecule has 0 aromatic heterocycles. The Morgan fingerprint density at radius 3 is 2.11 bits per heavy atom. The largest absolute Gasteiger partial charge is 0.0905 e. The molecule has 0 radical (unpaired) electrons. The molecule has 3 rings (SSSR count). The van der Waals surface area contributed by atoms with Crippen LogP contribution in [0.25, 0.3) is 34.7 Å². The van der Waals surface area contributed by atoms with Crippen LogP contribution in [0.3, 0.4) is 0 Å². The Balaban J connectivity index is 2.81. The highest BCUT2D eigenvalue weighted by atomic mass is 127. The molecule has 0 unspecified atom stereocenters. The Kier molecular flexibility index (Phi) is 2.67. The molecule has 0 saturated heterocycles. The van der Waals surface area contributed by atoms with Gasteiger partial charge in [0.25, 0.3) is 0 Å². The van der Waals surface area contributed by atoms with Crippen molar-refractivity contribution in [2.24, 2.45) is 0 Å². The SMILES string of the molecule is C=c1c2cccc(I)c2c(=C)c2cccc(C)c12. The third-order valence-electron chi connectivity index (χ3n) is 3.54. The van der Waals surface area contributed by atoms with Crippen LogP contribution in [0.5, 0.6) is 0 Å². The van der Waals surface area contributed by atoms with Gasteiger partial charge in [0.1, 0.15) is 0 Å². The lowest BCUT2D eigenvalue weighted by Gasteiger charge is -2.09. The third-order valence-corrected chi connectivity index (χ3v) is 4.44. The van der Waals surface area contributed by atoms with E-state index in [0.29, 0.717) is 0 Å². The molecule has 0 saturated carbocycles. The number of aryl methyl sites for hydroxylation is 1. The summed E-state index contributed by atoms with van der Waals surface area (Å²) in [4.78, 5) is 0. The zero-order valence-electron chi connectivity index (χ0n) is 10.3. The summed E-state index contributed by atoms with van der Waals surface area (Å²) < 4.78 is 1.24. The van der Waals surface area contributed by atoms with Gasteiger partial charge in [-0.1, -0.05) is 43.5 Å². The summed E-state index contributed by atoms with van der Waals surface area (Å²) in [5.74, 6) is 0. The van der Waals surface area contributed by atoms with Gasteiger partial charge in [-0.2, -0.15) is 0 Å². The van der Waals surface area contributed by atoms with Crippen molar-refractivity contribution in [2.75, 3.05) is 0 Å². The molecule has 0 aliphatic rings. The fraction of sp³-hybridized carbons (Fsp3) is 0.0588. The van der Waals surface area contributed by atoms with E-state index >= 15 is 0 Å². The van der Waals surface area contributed by atoms with Crippen molar-refractivity contribution in [1.82, 2.24) is 0 Å². The van der Waals surface area contributed by atoms with Gasteiger partial charge >= 0.3 is 0 Å². The summed E-state index contributed by atoms with van der Waals surface area (Å²) in [7, 11) is 0. The van der Waals surface area contributed by atoms with E-state index in [4.69, 9.17) is 0 Å². The molecule has 0 atom stereocenters. The molecule has 0 N–H and O–H groups in total. The van der Waals surface area contributed by atoms with Crippen molar-refractivity contribution in [3.63, 3.8) is 0 Å². The minimum absolute atomic E-state index is 1.11. The lowest BCUT2D eigenvalue weighted by molar-refractivity contribution is 1.52. The average molecular weight is 344 g/mol. The average Bonchev–Trinajstić information content (AvgIpc) is 2.35. The van der Waals surface area contributed by atoms with Gasteiger partial charge in [0.2, 0.25) is 0 Å². The smallest absolute Gasteiger partial charge is 0.0215 e. The molecule has 88 valence electrons. The molecule has 3 aromatic rings. The van der Waals surface area contributed by atoms with E-state index in [0.717, 1.165) is 10.4 Å². The van der Waals surface area contributed by atoms with E-state index in [1.165, 1.54) is 30.7 Å². The molecular formula is C17H13I. The number of halogens is 1. The predicted molar refractivity (Wildman–Crippen MR) is 89.2 cm³/mol. The topological polar surface area (TPSA) is 0 Å². The first kappa shape index (κ1) is 11.7. The van der Waals surface area contributed by atoms with Gasteiger partial charge in [0.05, 0.1) is 0 Å². The molecule has 0 aliphatic carbocycles. The molecule has 0 fully saturated rings. The normalized spacial score (nSPS) is 11.2. The van der Waals surface area contributed by atoms with Crippen molar-refractivity contribution in [3.05, 3.63) is 56.0 Å². The Labute approximate surface area is 120 Å². The van der Waals surface area contributed by atoms with Crippen molar-refractivity contribution in [3.8, 4) is 0 Å². The van der Waals surface area contributed by atoms with Gasteiger partial charge in [0, 0.05) is 8.96 Å². The summed E-state index contributed by atoms with van der Waals surface area (Å²) in [6.07, 6.45) is 0. The highest BCUT2D eigenvalue weighted by molar-refractivity contribution is 14.1. The number of rotatable bonds is 0. The van der Waals surface area contributed by atoms with Gasteiger partial charge in [-0.05, 0) is 67.7 Å². The van der Waals surface area contributed by atoms with Crippen molar-refractivity contribution < 1.29 is 0 Å². The molecule has 0 heterocycles. The van der Waals surface area contributed by atoms with E-state index in [-0.39, 0.29) is 0 Å². The Morgan fingerprint density at radius 2 is 1.39 bits per heavy atom. The fourth-order valence-electron chi connectivity index (χ4n) is 2.67. The monoisotopic (exact) mass is 344 g/mol. The summed E-state index contributed by atoms with van der Waals surface area (Å²) >= 11 is 2.37. The van der Waals surface area contributed by atoms with Crippen LogP contribution in [0.15, 0.2) is 36.4 Å². The Bertz CT molecular complexity index is 800. The van der Waals surface area contributed by atoms with Crippen molar-refractivity contribution in [2.45, 2.75) is 6.92 Å². The van der Waals surface area contributed by atoms with Gasteiger partial charge in [-0.3, -0.25) is 0 Å². The molecule has 0 bridgehead atoms. The first-order chi connectivity index (χ1) is 8.61. The minimum Gasteiger partial charge on any atom is -0.0905 e. The molecule has 3 aromatic carbocycles. The number of benzene rings is 3. The second kappa shape index (κ2) is 4.09. The summed E-state index contributed by atoms with van der Waals surface area (Å²) in [5.41, 5.74) is 1.27. The highest BCUT2D eigenvalue weighted by Crippen LogP contribution is 2.19. The molecular weight excluding hydrogens is 331 g/mol. The summed E-state index contributed by atoms with van der Waals surface area (Å²) in [5, 5.41) is 7.15. The maximum absolute atomic E-state index is 4.29. The zero-order chi connectivity index (χ0) is 12.9. The zero-order valence-corrected chi connectivity index (χ0v) is 12.4. The highest BCUT2D eigenvalue weighted by Gasteiger charge is 2.07. The lowest BCUT2D eigenvalue weighted by Crippen LogP contribution is -2.14. The number of hydrogen-bond acceptors (Lipinski definition) is 0. The number of hydrogen-bond donors (Lipinski definition) is 0. The van der Waals surface area contributed by atoms with Crippen LogP contribution in [-0.2, 0) is 0 Å². The summed E-state index contributed by atoms with van der Waals surface area (Å²) in [6.45, 7) is 10.7. The van der Waals surface area contributed by atoms with Gasteiger partial charge < -0.3 is 0 Å². The van der Waals surface area contributed by atoms with E-state index < -0.39 is 0 Å². The van der Waals surface area contributed by atoms with Gasteiger partial charge in [0.15, 0.2) is 0 Å². The molecule has 18 heavy (non-hydrogen) atoms. The number of fused-ring (bicyclic) bond motifs is 2. The molecule has 1 heteroatoms. The first-order valence-electron chi connectivity index (χ1n) is 5.88. The second-order valence-corrected chi connectivity index (χ2v) is 5.78. The third kappa shape index (κ3) is 1.50. The Hall–Kier alpha value is -1.35. The summed E-state index contributed by atoms with van der Waals surface area (Å²) in [6, 6.07) is 12.7. The van der Waals surface area contributed by atoms with Crippen LogP contribution in [-0.4, -0.2) is 0 Å². The van der Waals surface area contributed by atoms with Gasteiger partial charge in [-0.15, -0.1) is 0 Å². The molecule has 0 amide bonds. The predicted octanol–water partition coefficient (Wildman–Crippen LogP) is 3.73. The van der Waals surface area contributed by atoms with Gasteiger partial charge in [-0.25, -0.2) is 0 Å². The fourth-order valence-corrected chi connectivity index (χ4v) is 3.50. The van der Waals surface area contributed by atoms with E-state index in [2.05, 4.69) is 79.1 Å². The lowest BCUT2D eigenvalue weighted by atomic mass is 9.96. The first-order valence-corrected chi connectivity index (χ1v) is 6.96. The second-order valence-electron chi connectivity index (χ2n) is 4.62. The van der Waals surface area contributed by atoms with E-state index in [9.17, 15) is 0 Å². The molecule has 0 nitrogen and oxygen atoms in total. The maximum atomic E-state index is 4.29. The minimum atomic E-state index is 1.11. The standard InChI is InChI=1S/C17H13I/c1-10-6-4-7-13-12(3)17-14(11(2)16(10)13)8-5-9-15(17)18/h4-9H,2-3H2,1H3. The van der Waals surface area contributed by atoms with Crippen LogP contribution in [0.1, 0.15) is 5.56 Å². The van der Waals surface area contributed by atoms with Crippen LogP contribution >= 0.6 is 22.6 Å². The molecule has 0 aliphatic heterocycles. The van der Waals surface area contributed by atoms with Crippen LogP contribution in [0, 0.1) is 10.5 Å². The van der Waals surface area contributed by atoms with E-state index in [1.807, 2.05) is 0 Å². The van der Waals surface area contributed by atoms with Crippen molar-refractivity contribution >= 4 is 57.3 Å². The quantitative estimate of drug-likeness (QED) is 0.431. The maximum Gasteiger partial charge on any atom is 0.0215 e. The van der Waals surface area contributed by atoms with E-state index in [1.54, 1.807) is 0 Å². The Morgan fingerprint density at radius 1 is 0.833 bits per heavy atom. The van der Waals surface area contributed by atoms with Crippen LogP contribution in [0.4, 0.5) is 0 Å².